The van der Waals surface area contributed by atoms with Crippen LogP contribution < -0.4 is 5.32 Å². The molecule has 7 nitrogen and oxygen atoms in total. The fourth-order valence-electron chi connectivity index (χ4n) is 4.35. The molecule has 3 amide bonds. The van der Waals surface area contributed by atoms with Gasteiger partial charge in [-0.1, -0.05) is 42.5 Å². The molecule has 2 heterocycles. The summed E-state index contributed by atoms with van der Waals surface area (Å²) in [6, 6.07) is 16.9. The molecule has 1 unspecified atom stereocenters. The first kappa shape index (κ1) is 22.7. The number of benzene rings is 2. The molecule has 172 valence electrons. The molecule has 4 rings (SSSR count). The van der Waals surface area contributed by atoms with Crippen LogP contribution in [0.2, 0.25) is 0 Å². The lowest BCUT2D eigenvalue weighted by molar-refractivity contribution is -0.139. The van der Waals surface area contributed by atoms with Crippen LogP contribution in [0, 0.1) is 0 Å². The first-order valence-corrected chi connectivity index (χ1v) is 11.4. The Balaban J connectivity index is 1.71. The number of nitrogens with one attached hydrogen (secondary N) is 1. The Hall–Kier alpha value is -3.45. The van der Waals surface area contributed by atoms with Crippen LogP contribution in [-0.2, 0) is 25.7 Å². The van der Waals surface area contributed by atoms with Crippen LogP contribution in [0.4, 0.5) is 5.69 Å². The Labute approximate surface area is 194 Å². The summed E-state index contributed by atoms with van der Waals surface area (Å²) in [7, 11) is 0. The van der Waals surface area contributed by atoms with E-state index in [1.54, 1.807) is 24.3 Å². The first-order valence-electron chi connectivity index (χ1n) is 11.4. The number of ether oxygens (including phenoxy) is 1. The Morgan fingerprint density at radius 1 is 1.09 bits per heavy atom. The lowest BCUT2D eigenvalue weighted by atomic mass is 10.0. The predicted molar refractivity (Wildman–Crippen MR) is 126 cm³/mol. The predicted octanol–water partition coefficient (Wildman–Crippen LogP) is 3.43. The topological polar surface area (TPSA) is 79.0 Å². The maximum atomic E-state index is 13.6. The van der Waals surface area contributed by atoms with Gasteiger partial charge in [-0.15, -0.1) is 0 Å². The second-order valence-corrected chi connectivity index (χ2v) is 8.34. The first-order chi connectivity index (χ1) is 16.0. The van der Waals surface area contributed by atoms with Gasteiger partial charge in [0.1, 0.15) is 5.70 Å². The average molecular weight is 448 g/mol. The van der Waals surface area contributed by atoms with Gasteiger partial charge in [0.25, 0.3) is 11.8 Å². The molecule has 7 heteroatoms. The summed E-state index contributed by atoms with van der Waals surface area (Å²) in [4.78, 5) is 41.8. The molecule has 2 aliphatic rings. The molecule has 0 bridgehead atoms. The van der Waals surface area contributed by atoms with Crippen molar-refractivity contribution in [2.75, 3.05) is 25.0 Å². The zero-order valence-corrected chi connectivity index (χ0v) is 19.0. The number of amides is 3. The van der Waals surface area contributed by atoms with E-state index in [0.29, 0.717) is 42.2 Å². The van der Waals surface area contributed by atoms with Gasteiger partial charge in [0, 0.05) is 32.3 Å². The molecule has 0 aliphatic carbocycles. The molecule has 33 heavy (non-hydrogen) atoms. The number of hydrogen-bond donors (Lipinski definition) is 1. The standard InChI is InChI=1S/C26H29N3O4/c1-3-28(16-19-8-5-4-6-9-19)24-23(20-11-13-21(14-12-20)27-18(2)30)25(31)29(26(24)32)17-22-10-7-15-33-22/h4-6,8-9,11-14,22H,3,7,10,15-17H2,1-2H3,(H,27,30). The fraction of sp³-hybridized carbons (Fsp3) is 0.346. The minimum absolute atomic E-state index is 0.121. The molecule has 1 saturated heterocycles. The van der Waals surface area contributed by atoms with Gasteiger partial charge in [0.2, 0.25) is 5.91 Å². The van der Waals surface area contributed by atoms with E-state index in [9.17, 15) is 14.4 Å². The molecule has 2 aliphatic heterocycles. The maximum absolute atomic E-state index is 13.6. The van der Waals surface area contributed by atoms with E-state index in [-0.39, 0.29) is 30.4 Å². The molecule has 2 aromatic rings. The number of hydrogen-bond acceptors (Lipinski definition) is 5. The summed E-state index contributed by atoms with van der Waals surface area (Å²) in [6.07, 6.45) is 1.66. The number of imide groups is 1. The third-order valence-electron chi connectivity index (χ3n) is 5.96. The lowest BCUT2D eigenvalue weighted by Crippen LogP contribution is -2.39. The summed E-state index contributed by atoms with van der Waals surface area (Å²) >= 11 is 0. The summed E-state index contributed by atoms with van der Waals surface area (Å²) in [5.41, 5.74) is 3.16. The van der Waals surface area contributed by atoms with Crippen molar-refractivity contribution in [2.24, 2.45) is 0 Å². The second kappa shape index (κ2) is 10.0. The normalized spacial score (nSPS) is 18.2. The molecule has 0 aromatic heterocycles. The van der Waals surface area contributed by atoms with Crippen molar-refractivity contribution in [3.05, 3.63) is 71.4 Å². The molecule has 0 saturated carbocycles. The van der Waals surface area contributed by atoms with Crippen molar-refractivity contribution in [2.45, 2.75) is 39.3 Å². The Kier molecular flexibility index (Phi) is 6.89. The van der Waals surface area contributed by atoms with Crippen LogP contribution in [-0.4, -0.2) is 53.3 Å². The number of likely N-dealkylation sites (N-methyl/N-ethyl adjacent to an activating group) is 1. The second-order valence-electron chi connectivity index (χ2n) is 8.34. The molecule has 1 atom stereocenters. The van der Waals surface area contributed by atoms with E-state index in [2.05, 4.69) is 5.32 Å². The van der Waals surface area contributed by atoms with Gasteiger partial charge < -0.3 is 15.0 Å². The van der Waals surface area contributed by atoms with E-state index in [1.165, 1.54) is 11.8 Å². The van der Waals surface area contributed by atoms with Gasteiger partial charge in [0.15, 0.2) is 0 Å². The smallest absolute Gasteiger partial charge is 0.277 e. The van der Waals surface area contributed by atoms with Crippen molar-refractivity contribution >= 4 is 29.0 Å². The van der Waals surface area contributed by atoms with Gasteiger partial charge in [-0.2, -0.15) is 0 Å². The van der Waals surface area contributed by atoms with E-state index in [0.717, 1.165) is 18.4 Å². The summed E-state index contributed by atoms with van der Waals surface area (Å²) in [6.45, 7) is 5.44. The minimum Gasteiger partial charge on any atom is -0.376 e. The van der Waals surface area contributed by atoms with Crippen LogP contribution in [0.3, 0.4) is 0 Å². The van der Waals surface area contributed by atoms with Crippen LogP contribution in [0.1, 0.15) is 37.8 Å². The molecular formula is C26H29N3O4. The molecule has 2 aromatic carbocycles. The Morgan fingerprint density at radius 2 is 1.82 bits per heavy atom. The summed E-state index contributed by atoms with van der Waals surface area (Å²) in [5, 5.41) is 2.73. The van der Waals surface area contributed by atoms with E-state index >= 15 is 0 Å². The Bertz CT molecular complexity index is 1060. The number of carbonyl (C=O) groups is 3. The minimum atomic E-state index is -0.302. The van der Waals surface area contributed by atoms with Gasteiger partial charge >= 0.3 is 0 Å². The van der Waals surface area contributed by atoms with Crippen molar-refractivity contribution < 1.29 is 19.1 Å². The summed E-state index contributed by atoms with van der Waals surface area (Å²) < 4.78 is 5.70. The zero-order valence-electron chi connectivity index (χ0n) is 19.0. The molecule has 1 N–H and O–H groups in total. The van der Waals surface area contributed by atoms with Crippen LogP contribution in [0.25, 0.3) is 5.57 Å². The highest BCUT2D eigenvalue weighted by Gasteiger charge is 2.42. The number of carbonyl (C=O) groups excluding carboxylic acids is 3. The van der Waals surface area contributed by atoms with Gasteiger partial charge in [-0.05, 0) is 43.0 Å². The Morgan fingerprint density at radius 3 is 2.42 bits per heavy atom. The van der Waals surface area contributed by atoms with E-state index in [4.69, 9.17) is 4.74 Å². The highest BCUT2D eigenvalue weighted by atomic mass is 16.5. The number of anilines is 1. The van der Waals surface area contributed by atoms with E-state index < -0.39 is 0 Å². The molecule has 1 fully saturated rings. The van der Waals surface area contributed by atoms with Crippen LogP contribution in [0.15, 0.2) is 60.3 Å². The van der Waals surface area contributed by atoms with Crippen LogP contribution >= 0.6 is 0 Å². The fourth-order valence-corrected chi connectivity index (χ4v) is 4.35. The molecular weight excluding hydrogens is 418 g/mol. The van der Waals surface area contributed by atoms with Gasteiger partial charge in [0.05, 0.1) is 18.2 Å². The third kappa shape index (κ3) is 4.98. The quantitative estimate of drug-likeness (QED) is 0.628. The molecule has 0 radical (unpaired) electrons. The van der Waals surface area contributed by atoms with E-state index in [1.807, 2.05) is 42.2 Å². The average Bonchev–Trinajstić information content (AvgIpc) is 3.41. The van der Waals surface area contributed by atoms with Gasteiger partial charge in [-0.3, -0.25) is 19.3 Å². The molecule has 0 spiro atoms. The largest absolute Gasteiger partial charge is 0.376 e. The lowest BCUT2D eigenvalue weighted by Gasteiger charge is -2.25. The number of nitrogens with zero attached hydrogens (tertiary/aromatic N) is 2. The highest BCUT2D eigenvalue weighted by Crippen LogP contribution is 2.34. The number of rotatable bonds is 8. The monoisotopic (exact) mass is 447 g/mol. The van der Waals surface area contributed by atoms with Crippen LogP contribution in [0.5, 0.6) is 0 Å². The SMILES string of the molecule is CCN(Cc1ccccc1)C1=C(c2ccc(NC(C)=O)cc2)C(=O)N(CC2CCCO2)C1=O. The van der Waals surface area contributed by atoms with Crippen molar-refractivity contribution in [1.29, 1.82) is 0 Å². The summed E-state index contributed by atoms with van der Waals surface area (Å²) in [5.74, 6) is -0.754. The van der Waals surface area contributed by atoms with Gasteiger partial charge in [-0.25, -0.2) is 0 Å². The van der Waals surface area contributed by atoms with Crippen molar-refractivity contribution in [3.63, 3.8) is 0 Å². The highest BCUT2D eigenvalue weighted by molar-refractivity contribution is 6.35. The maximum Gasteiger partial charge on any atom is 0.277 e. The van der Waals surface area contributed by atoms with Crippen molar-refractivity contribution in [1.82, 2.24) is 9.80 Å². The van der Waals surface area contributed by atoms with Crippen molar-refractivity contribution in [3.8, 4) is 0 Å². The third-order valence-corrected chi connectivity index (χ3v) is 5.96. The zero-order chi connectivity index (χ0) is 23.4.